The summed E-state index contributed by atoms with van der Waals surface area (Å²) in [6.07, 6.45) is 0. The van der Waals surface area contributed by atoms with Crippen LogP contribution in [0.15, 0.2) is 18.2 Å². The number of rotatable bonds is 2. The number of carbonyl (C=O) groups is 2. The van der Waals surface area contributed by atoms with Gasteiger partial charge in [0, 0.05) is 0 Å². The van der Waals surface area contributed by atoms with Crippen LogP contribution in [0.2, 0.25) is 0 Å². The highest BCUT2D eigenvalue weighted by Gasteiger charge is 2.17. The fraction of sp³-hybridized carbons (Fsp3) is 0.333. The summed E-state index contributed by atoms with van der Waals surface area (Å²) in [7, 11) is 1.12. The number of amides is 1. The number of nitrogens with one attached hydrogen (secondary N) is 1. The van der Waals surface area contributed by atoms with Gasteiger partial charge in [-0.05, 0) is 31.0 Å². The largest absolute Gasteiger partial charge is 0.462 e. The van der Waals surface area contributed by atoms with Crippen LogP contribution in [0.5, 0.6) is 0 Å². The van der Waals surface area contributed by atoms with Gasteiger partial charge in [-0.3, -0.25) is 4.79 Å². The van der Waals surface area contributed by atoms with Crippen molar-refractivity contribution in [2.24, 2.45) is 0 Å². The first-order valence-electron chi connectivity index (χ1n) is 5.10. The lowest BCUT2D eigenvalue weighted by Gasteiger charge is -2.13. The van der Waals surface area contributed by atoms with E-state index in [9.17, 15) is 14.0 Å². The van der Waals surface area contributed by atoms with Crippen molar-refractivity contribution in [1.82, 2.24) is 5.32 Å². The van der Waals surface area contributed by atoms with Crippen molar-refractivity contribution in [2.75, 3.05) is 7.11 Å². The third kappa shape index (κ3) is 3.27. The van der Waals surface area contributed by atoms with E-state index in [2.05, 4.69) is 10.1 Å². The third-order valence-electron chi connectivity index (χ3n) is 2.41. The molecule has 0 aliphatic carbocycles. The monoisotopic (exact) mass is 239 g/mol. The van der Waals surface area contributed by atoms with Crippen LogP contribution in [-0.2, 0) is 14.3 Å². The topological polar surface area (TPSA) is 55.4 Å². The van der Waals surface area contributed by atoms with Crippen molar-refractivity contribution >= 4 is 11.9 Å². The van der Waals surface area contributed by atoms with Crippen molar-refractivity contribution < 1.29 is 18.7 Å². The second-order valence-electron chi connectivity index (χ2n) is 3.70. The lowest BCUT2D eigenvalue weighted by molar-refractivity contribution is -0.153. The van der Waals surface area contributed by atoms with Gasteiger partial charge >= 0.3 is 11.9 Å². The zero-order chi connectivity index (χ0) is 13.0. The molecule has 0 aromatic heterocycles. The Morgan fingerprint density at radius 3 is 2.59 bits per heavy atom. The van der Waals surface area contributed by atoms with Gasteiger partial charge in [0.15, 0.2) is 0 Å². The van der Waals surface area contributed by atoms with Gasteiger partial charge in [0.05, 0.1) is 13.2 Å². The molecule has 0 saturated heterocycles. The Hall–Kier alpha value is -1.91. The number of carbonyl (C=O) groups excluding carboxylic acids is 2. The molecule has 92 valence electrons. The average molecular weight is 239 g/mol. The van der Waals surface area contributed by atoms with E-state index in [0.29, 0.717) is 11.1 Å². The Morgan fingerprint density at radius 2 is 2.06 bits per heavy atom. The summed E-state index contributed by atoms with van der Waals surface area (Å²) in [5.41, 5.74) is 1.12. The maximum atomic E-state index is 13.3. The van der Waals surface area contributed by atoms with Gasteiger partial charge < -0.3 is 10.1 Å². The van der Waals surface area contributed by atoms with E-state index in [4.69, 9.17) is 0 Å². The third-order valence-corrected chi connectivity index (χ3v) is 2.41. The van der Waals surface area contributed by atoms with E-state index >= 15 is 0 Å². The Bertz CT molecular complexity index is 445. The average Bonchev–Trinajstić information content (AvgIpc) is 2.31. The minimum Gasteiger partial charge on any atom is -0.462 e. The quantitative estimate of drug-likeness (QED) is 0.628. The van der Waals surface area contributed by atoms with Crippen molar-refractivity contribution in [3.8, 4) is 0 Å². The summed E-state index contributed by atoms with van der Waals surface area (Å²) < 4.78 is 17.6. The fourth-order valence-corrected chi connectivity index (χ4v) is 1.31. The standard InChI is InChI=1S/C12H14FNO3/c1-7-4-5-9(6-10(7)13)8(2)14-11(15)12(16)17-3/h4-6,8H,1-3H3,(H,14,15). The normalized spacial score (nSPS) is 11.8. The zero-order valence-electron chi connectivity index (χ0n) is 9.91. The second kappa shape index (κ2) is 5.43. The van der Waals surface area contributed by atoms with Gasteiger partial charge in [-0.25, -0.2) is 9.18 Å². The van der Waals surface area contributed by atoms with Crippen LogP contribution in [0.25, 0.3) is 0 Å². The SMILES string of the molecule is COC(=O)C(=O)NC(C)c1ccc(C)c(F)c1. The van der Waals surface area contributed by atoms with Crippen LogP contribution in [-0.4, -0.2) is 19.0 Å². The summed E-state index contributed by atoms with van der Waals surface area (Å²) in [4.78, 5) is 22.1. The first-order valence-corrected chi connectivity index (χ1v) is 5.10. The Kier molecular flexibility index (Phi) is 4.20. The molecule has 4 nitrogen and oxygen atoms in total. The first kappa shape index (κ1) is 13.2. The van der Waals surface area contributed by atoms with Crippen molar-refractivity contribution in [3.05, 3.63) is 35.1 Å². The summed E-state index contributed by atoms with van der Waals surface area (Å²) in [5.74, 6) is -2.16. The molecule has 17 heavy (non-hydrogen) atoms. The summed E-state index contributed by atoms with van der Waals surface area (Å²) >= 11 is 0. The lowest BCUT2D eigenvalue weighted by atomic mass is 10.1. The molecule has 0 heterocycles. The van der Waals surface area contributed by atoms with Crippen molar-refractivity contribution in [1.29, 1.82) is 0 Å². The smallest absolute Gasteiger partial charge is 0.396 e. The van der Waals surface area contributed by atoms with Crippen molar-refractivity contribution in [2.45, 2.75) is 19.9 Å². The minimum absolute atomic E-state index is 0.346. The van der Waals surface area contributed by atoms with E-state index < -0.39 is 17.9 Å². The molecular formula is C12H14FNO3. The highest BCUT2D eigenvalue weighted by Crippen LogP contribution is 2.16. The van der Waals surface area contributed by atoms with Crippen LogP contribution < -0.4 is 5.32 Å². The fourth-order valence-electron chi connectivity index (χ4n) is 1.31. The maximum Gasteiger partial charge on any atom is 0.396 e. The maximum absolute atomic E-state index is 13.3. The first-order chi connectivity index (χ1) is 7.95. The van der Waals surface area contributed by atoms with E-state index in [0.717, 1.165) is 7.11 Å². The molecule has 1 amide bonds. The van der Waals surface area contributed by atoms with Gasteiger partial charge in [0.1, 0.15) is 5.82 Å². The number of hydrogen-bond acceptors (Lipinski definition) is 3. The van der Waals surface area contributed by atoms with E-state index in [1.807, 2.05) is 0 Å². The molecule has 1 atom stereocenters. The molecule has 1 unspecified atom stereocenters. The van der Waals surface area contributed by atoms with Gasteiger partial charge in [-0.2, -0.15) is 0 Å². The summed E-state index contributed by atoms with van der Waals surface area (Å²) in [5, 5.41) is 2.41. The Labute approximate surface area is 98.8 Å². The van der Waals surface area contributed by atoms with Crippen LogP contribution in [0.1, 0.15) is 24.1 Å². The van der Waals surface area contributed by atoms with Gasteiger partial charge in [0.25, 0.3) is 0 Å². The molecule has 0 radical (unpaired) electrons. The Balaban J connectivity index is 2.76. The van der Waals surface area contributed by atoms with Crippen molar-refractivity contribution in [3.63, 3.8) is 0 Å². The number of aryl methyl sites for hydroxylation is 1. The molecule has 0 saturated carbocycles. The van der Waals surface area contributed by atoms with E-state index in [-0.39, 0.29) is 5.82 Å². The lowest BCUT2D eigenvalue weighted by Crippen LogP contribution is -2.33. The number of methoxy groups -OCH3 is 1. The second-order valence-corrected chi connectivity index (χ2v) is 3.70. The Morgan fingerprint density at radius 1 is 1.41 bits per heavy atom. The number of esters is 1. The van der Waals surface area contributed by atoms with Crippen LogP contribution in [0, 0.1) is 12.7 Å². The van der Waals surface area contributed by atoms with Crippen LogP contribution in [0.3, 0.4) is 0 Å². The number of hydrogen-bond donors (Lipinski definition) is 1. The summed E-state index contributed by atoms with van der Waals surface area (Å²) in [6, 6.07) is 4.18. The number of benzene rings is 1. The highest BCUT2D eigenvalue weighted by atomic mass is 19.1. The molecule has 1 aromatic carbocycles. The van der Waals surface area contributed by atoms with Gasteiger partial charge in [0.2, 0.25) is 0 Å². The molecule has 0 aliphatic heterocycles. The molecule has 1 aromatic rings. The highest BCUT2D eigenvalue weighted by molar-refractivity contribution is 6.32. The molecule has 0 aliphatic rings. The summed E-state index contributed by atoms with van der Waals surface area (Å²) in [6.45, 7) is 3.31. The number of ether oxygens (including phenoxy) is 1. The molecule has 0 bridgehead atoms. The molecular weight excluding hydrogens is 225 g/mol. The zero-order valence-corrected chi connectivity index (χ0v) is 9.91. The van der Waals surface area contributed by atoms with Gasteiger partial charge in [-0.1, -0.05) is 12.1 Å². The minimum atomic E-state index is -0.968. The molecule has 1 rings (SSSR count). The molecule has 0 spiro atoms. The predicted octanol–water partition coefficient (Wildman–Crippen LogP) is 1.48. The van der Waals surface area contributed by atoms with E-state index in [1.165, 1.54) is 6.07 Å². The van der Waals surface area contributed by atoms with Crippen LogP contribution >= 0.6 is 0 Å². The number of halogens is 1. The van der Waals surface area contributed by atoms with Crippen LogP contribution in [0.4, 0.5) is 4.39 Å². The predicted molar refractivity (Wildman–Crippen MR) is 59.7 cm³/mol. The molecule has 5 heteroatoms. The van der Waals surface area contributed by atoms with Gasteiger partial charge in [-0.15, -0.1) is 0 Å². The molecule has 1 N–H and O–H groups in total. The van der Waals surface area contributed by atoms with E-state index in [1.54, 1.807) is 26.0 Å². The molecule has 0 fully saturated rings.